The van der Waals surface area contributed by atoms with Crippen molar-refractivity contribution in [3.05, 3.63) is 59.7 Å². The van der Waals surface area contributed by atoms with Crippen molar-refractivity contribution in [2.45, 2.75) is 6.92 Å². The van der Waals surface area contributed by atoms with Crippen LogP contribution in [0.5, 0.6) is 5.75 Å². The molecule has 1 amide bonds. The molecular formula is C17H17NO4. The van der Waals surface area contributed by atoms with E-state index in [9.17, 15) is 9.59 Å². The zero-order valence-corrected chi connectivity index (χ0v) is 12.5. The van der Waals surface area contributed by atoms with Crippen LogP contribution in [0.1, 0.15) is 15.9 Å². The molecule has 5 heteroatoms. The third-order valence-electron chi connectivity index (χ3n) is 2.93. The molecule has 0 fully saturated rings. The zero-order valence-electron chi connectivity index (χ0n) is 12.5. The van der Waals surface area contributed by atoms with Crippen LogP contribution in [-0.2, 0) is 9.53 Å². The Morgan fingerprint density at radius 2 is 1.86 bits per heavy atom. The predicted molar refractivity (Wildman–Crippen MR) is 83.1 cm³/mol. The Hall–Kier alpha value is -2.82. The normalized spacial score (nSPS) is 9.91. The van der Waals surface area contributed by atoms with Crippen molar-refractivity contribution in [1.29, 1.82) is 0 Å². The van der Waals surface area contributed by atoms with Crippen LogP contribution in [0.15, 0.2) is 48.5 Å². The number of hydrogen-bond donors (Lipinski definition) is 1. The van der Waals surface area contributed by atoms with Crippen molar-refractivity contribution in [2.24, 2.45) is 0 Å². The van der Waals surface area contributed by atoms with Crippen LogP contribution in [0.3, 0.4) is 0 Å². The third-order valence-corrected chi connectivity index (χ3v) is 2.93. The lowest BCUT2D eigenvalue weighted by Crippen LogP contribution is -2.20. The van der Waals surface area contributed by atoms with E-state index in [2.05, 4.69) is 10.1 Å². The van der Waals surface area contributed by atoms with Gasteiger partial charge in [-0.25, -0.2) is 4.79 Å². The first-order chi connectivity index (χ1) is 10.6. The standard InChI is InChI=1S/C17H17NO4/c1-12-5-3-7-14(9-12)18-16(19)11-22-15-8-4-6-13(10-15)17(20)21-2/h3-10H,11H2,1-2H3,(H,18,19). The fraction of sp³-hybridized carbons (Fsp3) is 0.176. The van der Waals surface area contributed by atoms with Crippen molar-refractivity contribution in [3.8, 4) is 5.75 Å². The molecule has 114 valence electrons. The summed E-state index contributed by atoms with van der Waals surface area (Å²) in [5.74, 6) is -0.286. The molecule has 1 N–H and O–H groups in total. The summed E-state index contributed by atoms with van der Waals surface area (Å²) >= 11 is 0. The fourth-order valence-electron chi connectivity index (χ4n) is 1.90. The lowest BCUT2D eigenvalue weighted by molar-refractivity contribution is -0.118. The topological polar surface area (TPSA) is 64.6 Å². The van der Waals surface area contributed by atoms with Gasteiger partial charge in [-0.05, 0) is 42.8 Å². The van der Waals surface area contributed by atoms with Crippen LogP contribution in [0.2, 0.25) is 0 Å². The van der Waals surface area contributed by atoms with Crippen molar-refractivity contribution < 1.29 is 19.1 Å². The van der Waals surface area contributed by atoms with Crippen molar-refractivity contribution >= 4 is 17.6 Å². The Morgan fingerprint density at radius 1 is 1.09 bits per heavy atom. The summed E-state index contributed by atoms with van der Waals surface area (Å²) < 4.78 is 10.0. The number of esters is 1. The summed E-state index contributed by atoms with van der Waals surface area (Å²) in [6.07, 6.45) is 0. The van der Waals surface area contributed by atoms with Gasteiger partial charge in [0.1, 0.15) is 5.75 Å². The lowest BCUT2D eigenvalue weighted by atomic mass is 10.2. The van der Waals surface area contributed by atoms with Crippen LogP contribution in [0.4, 0.5) is 5.69 Å². The number of carbonyl (C=O) groups excluding carboxylic acids is 2. The van der Waals surface area contributed by atoms with Gasteiger partial charge >= 0.3 is 5.97 Å². The molecule has 0 bridgehead atoms. The second-order valence-corrected chi connectivity index (χ2v) is 4.73. The van der Waals surface area contributed by atoms with Gasteiger partial charge in [-0.15, -0.1) is 0 Å². The van der Waals surface area contributed by atoms with Crippen LogP contribution < -0.4 is 10.1 Å². The summed E-state index contributed by atoms with van der Waals surface area (Å²) in [6, 6.07) is 14.0. The molecule has 2 aromatic rings. The predicted octanol–water partition coefficient (Wildman–Crippen LogP) is 2.80. The average Bonchev–Trinajstić information content (AvgIpc) is 2.52. The van der Waals surface area contributed by atoms with Gasteiger partial charge < -0.3 is 14.8 Å². The maximum atomic E-state index is 11.8. The molecule has 0 aromatic heterocycles. The first kappa shape index (κ1) is 15.6. The average molecular weight is 299 g/mol. The molecule has 0 unspecified atom stereocenters. The molecule has 22 heavy (non-hydrogen) atoms. The van der Waals surface area contributed by atoms with Gasteiger partial charge in [0.15, 0.2) is 6.61 Å². The first-order valence-corrected chi connectivity index (χ1v) is 6.76. The minimum absolute atomic E-state index is 0.140. The number of benzene rings is 2. The number of aryl methyl sites for hydroxylation is 1. The van der Waals surface area contributed by atoms with Crippen LogP contribution in [0.25, 0.3) is 0 Å². The second-order valence-electron chi connectivity index (χ2n) is 4.73. The highest BCUT2D eigenvalue weighted by Gasteiger charge is 2.08. The molecular weight excluding hydrogens is 282 g/mol. The maximum Gasteiger partial charge on any atom is 0.337 e. The molecule has 0 heterocycles. The van der Waals surface area contributed by atoms with Gasteiger partial charge in [0.05, 0.1) is 12.7 Å². The van der Waals surface area contributed by atoms with Crippen molar-refractivity contribution in [2.75, 3.05) is 19.0 Å². The van der Waals surface area contributed by atoms with Gasteiger partial charge in [-0.3, -0.25) is 4.79 Å². The molecule has 0 aliphatic carbocycles. The van der Waals surface area contributed by atoms with Crippen LogP contribution >= 0.6 is 0 Å². The van der Waals surface area contributed by atoms with E-state index in [1.54, 1.807) is 18.2 Å². The summed E-state index contributed by atoms with van der Waals surface area (Å²) in [5.41, 5.74) is 2.15. The highest BCUT2D eigenvalue weighted by atomic mass is 16.5. The smallest absolute Gasteiger partial charge is 0.337 e. The van der Waals surface area contributed by atoms with Crippen molar-refractivity contribution in [3.63, 3.8) is 0 Å². The Labute approximate surface area is 128 Å². The quantitative estimate of drug-likeness (QED) is 0.862. The number of anilines is 1. The largest absolute Gasteiger partial charge is 0.484 e. The van der Waals surface area contributed by atoms with E-state index >= 15 is 0 Å². The molecule has 5 nitrogen and oxygen atoms in total. The maximum absolute atomic E-state index is 11.8. The van der Waals surface area contributed by atoms with Crippen LogP contribution in [-0.4, -0.2) is 25.6 Å². The van der Waals surface area contributed by atoms with Gasteiger partial charge in [0.2, 0.25) is 0 Å². The molecule has 2 rings (SSSR count). The first-order valence-electron chi connectivity index (χ1n) is 6.76. The third kappa shape index (κ3) is 4.34. The van der Waals surface area contributed by atoms with Crippen molar-refractivity contribution in [1.82, 2.24) is 0 Å². The van der Waals surface area contributed by atoms with E-state index < -0.39 is 5.97 Å². The molecule has 0 atom stereocenters. The highest BCUT2D eigenvalue weighted by molar-refractivity contribution is 5.92. The molecule has 0 saturated carbocycles. The minimum Gasteiger partial charge on any atom is -0.484 e. The zero-order chi connectivity index (χ0) is 15.9. The van der Waals surface area contributed by atoms with Crippen LogP contribution in [0, 0.1) is 6.92 Å². The van der Waals surface area contributed by atoms with E-state index in [0.717, 1.165) is 11.3 Å². The van der Waals surface area contributed by atoms with E-state index in [4.69, 9.17) is 4.74 Å². The molecule has 0 aliphatic heterocycles. The van der Waals surface area contributed by atoms with Gasteiger partial charge in [0, 0.05) is 5.69 Å². The highest BCUT2D eigenvalue weighted by Crippen LogP contribution is 2.14. The summed E-state index contributed by atoms with van der Waals surface area (Å²) in [6.45, 7) is 1.81. The number of methoxy groups -OCH3 is 1. The monoisotopic (exact) mass is 299 g/mol. The Balaban J connectivity index is 1.92. The summed E-state index contributed by atoms with van der Waals surface area (Å²) in [5, 5.41) is 2.75. The summed E-state index contributed by atoms with van der Waals surface area (Å²) in [4.78, 5) is 23.3. The van der Waals surface area contributed by atoms with E-state index in [1.807, 2.05) is 31.2 Å². The SMILES string of the molecule is COC(=O)c1cccc(OCC(=O)Nc2cccc(C)c2)c1. The van der Waals surface area contributed by atoms with E-state index in [0.29, 0.717) is 11.3 Å². The number of ether oxygens (including phenoxy) is 2. The minimum atomic E-state index is -0.449. The number of nitrogens with one attached hydrogen (secondary N) is 1. The number of rotatable bonds is 5. The second kappa shape index (κ2) is 7.26. The molecule has 0 spiro atoms. The van der Waals surface area contributed by atoms with E-state index in [-0.39, 0.29) is 12.5 Å². The Bertz CT molecular complexity index is 682. The molecule has 0 aliphatic rings. The molecule has 0 radical (unpaired) electrons. The number of carbonyl (C=O) groups is 2. The Kier molecular flexibility index (Phi) is 5.14. The molecule has 0 saturated heterocycles. The van der Waals surface area contributed by atoms with Gasteiger partial charge in [0.25, 0.3) is 5.91 Å². The van der Waals surface area contributed by atoms with Gasteiger partial charge in [-0.1, -0.05) is 18.2 Å². The van der Waals surface area contributed by atoms with Gasteiger partial charge in [-0.2, -0.15) is 0 Å². The molecule has 2 aromatic carbocycles. The lowest BCUT2D eigenvalue weighted by Gasteiger charge is -2.09. The van der Waals surface area contributed by atoms with E-state index in [1.165, 1.54) is 13.2 Å². The number of hydrogen-bond acceptors (Lipinski definition) is 4. The fourth-order valence-corrected chi connectivity index (χ4v) is 1.90. The Morgan fingerprint density at radius 3 is 2.59 bits per heavy atom. The number of amides is 1. The summed E-state index contributed by atoms with van der Waals surface area (Å²) in [7, 11) is 1.31.